The highest BCUT2D eigenvalue weighted by Gasteiger charge is 2.08. The molecule has 0 atom stereocenters. The van der Waals surface area contributed by atoms with Crippen LogP contribution in [-0.2, 0) is 4.74 Å². The molecule has 1 heteroatoms. The van der Waals surface area contributed by atoms with Crippen molar-refractivity contribution in [3.05, 3.63) is 78.8 Å². The fourth-order valence-corrected chi connectivity index (χ4v) is 2.82. The van der Waals surface area contributed by atoms with Crippen molar-refractivity contribution in [3.63, 3.8) is 0 Å². The highest BCUT2D eigenvalue weighted by molar-refractivity contribution is 6.03. The molecule has 0 fully saturated rings. The van der Waals surface area contributed by atoms with Gasteiger partial charge in [0.2, 0.25) is 0 Å². The van der Waals surface area contributed by atoms with E-state index in [9.17, 15) is 0 Å². The molecule has 96 valence electrons. The number of ether oxygens (including phenoxy) is 1. The molecule has 0 amide bonds. The van der Waals surface area contributed by atoms with Crippen molar-refractivity contribution in [1.29, 1.82) is 0 Å². The molecule has 1 heterocycles. The summed E-state index contributed by atoms with van der Waals surface area (Å²) >= 11 is 0. The molecule has 0 spiro atoms. The molecular weight excluding hydrogens is 244 g/mol. The van der Waals surface area contributed by atoms with Gasteiger partial charge >= 0.3 is 0 Å². The average molecular weight is 258 g/mol. The standard InChI is InChI=1S/C19H14O/c1-2-6-15-12-19-16(11-14(15)5-1)7-3-9-18(19)17-8-4-10-20-13-17/h1-7,9-13H,8H2. The number of hydrogen-bond donors (Lipinski definition) is 0. The predicted molar refractivity (Wildman–Crippen MR) is 84.3 cm³/mol. The molecule has 0 saturated heterocycles. The number of hydrogen-bond acceptors (Lipinski definition) is 1. The van der Waals surface area contributed by atoms with Gasteiger partial charge < -0.3 is 4.74 Å². The second-order valence-corrected chi connectivity index (χ2v) is 5.08. The zero-order valence-electron chi connectivity index (χ0n) is 11.0. The Morgan fingerprint density at radius 3 is 2.40 bits per heavy atom. The summed E-state index contributed by atoms with van der Waals surface area (Å²) in [4.78, 5) is 0. The Morgan fingerprint density at radius 1 is 0.800 bits per heavy atom. The highest BCUT2D eigenvalue weighted by Crippen LogP contribution is 2.31. The van der Waals surface area contributed by atoms with Crippen molar-refractivity contribution in [1.82, 2.24) is 0 Å². The average Bonchev–Trinajstić information content (AvgIpc) is 2.53. The summed E-state index contributed by atoms with van der Waals surface area (Å²) in [6, 6.07) is 19.5. The summed E-state index contributed by atoms with van der Waals surface area (Å²) in [6.07, 6.45) is 6.56. The molecule has 0 saturated carbocycles. The maximum absolute atomic E-state index is 5.33. The zero-order valence-corrected chi connectivity index (χ0v) is 11.0. The minimum atomic E-state index is 0.923. The summed E-state index contributed by atoms with van der Waals surface area (Å²) in [5, 5.41) is 5.12. The number of rotatable bonds is 1. The van der Waals surface area contributed by atoms with Crippen LogP contribution in [-0.4, -0.2) is 0 Å². The number of fused-ring (bicyclic) bond motifs is 2. The van der Waals surface area contributed by atoms with Crippen molar-refractivity contribution in [2.75, 3.05) is 0 Å². The first-order chi connectivity index (χ1) is 9.92. The Balaban J connectivity index is 2.01. The molecule has 1 aliphatic rings. The molecule has 3 aromatic rings. The van der Waals surface area contributed by atoms with E-state index in [0.717, 1.165) is 6.42 Å². The van der Waals surface area contributed by atoms with Gasteiger partial charge in [-0.15, -0.1) is 0 Å². The maximum atomic E-state index is 5.33. The third-order valence-corrected chi connectivity index (χ3v) is 3.82. The second-order valence-electron chi connectivity index (χ2n) is 5.08. The SMILES string of the molecule is C1=COC=C(c2cccc3cc4ccccc4cc23)C1. The quantitative estimate of drug-likeness (QED) is 0.540. The van der Waals surface area contributed by atoms with E-state index >= 15 is 0 Å². The van der Waals surface area contributed by atoms with Crippen LogP contribution in [0.15, 0.2) is 73.2 Å². The van der Waals surface area contributed by atoms with Gasteiger partial charge in [0, 0.05) is 0 Å². The summed E-state index contributed by atoms with van der Waals surface area (Å²) in [6.45, 7) is 0. The van der Waals surface area contributed by atoms with Crippen molar-refractivity contribution >= 4 is 27.1 Å². The van der Waals surface area contributed by atoms with Gasteiger partial charge in [0.1, 0.15) is 0 Å². The smallest absolute Gasteiger partial charge is 0.0942 e. The van der Waals surface area contributed by atoms with Crippen molar-refractivity contribution in [3.8, 4) is 0 Å². The first-order valence-corrected chi connectivity index (χ1v) is 6.83. The van der Waals surface area contributed by atoms with Gasteiger partial charge in [0.25, 0.3) is 0 Å². The fraction of sp³-hybridized carbons (Fsp3) is 0.0526. The Bertz CT molecular complexity index is 856. The largest absolute Gasteiger partial charge is 0.473 e. The molecule has 4 rings (SSSR count). The lowest BCUT2D eigenvalue weighted by atomic mass is 9.94. The maximum Gasteiger partial charge on any atom is 0.0942 e. The van der Waals surface area contributed by atoms with Gasteiger partial charge in [-0.3, -0.25) is 0 Å². The van der Waals surface area contributed by atoms with Crippen molar-refractivity contribution in [2.24, 2.45) is 0 Å². The van der Waals surface area contributed by atoms with E-state index < -0.39 is 0 Å². The van der Waals surface area contributed by atoms with Crippen LogP contribution in [0, 0.1) is 0 Å². The lowest BCUT2D eigenvalue weighted by Gasteiger charge is -2.12. The first-order valence-electron chi connectivity index (χ1n) is 6.83. The molecule has 0 radical (unpaired) electrons. The third kappa shape index (κ3) is 1.79. The van der Waals surface area contributed by atoms with Gasteiger partial charge in [-0.1, -0.05) is 42.5 Å². The Hall–Kier alpha value is -2.54. The van der Waals surface area contributed by atoms with Crippen LogP contribution in [0.25, 0.3) is 27.1 Å². The van der Waals surface area contributed by atoms with E-state index in [1.54, 1.807) is 6.26 Å². The van der Waals surface area contributed by atoms with Crippen LogP contribution in [0.1, 0.15) is 12.0 Å². The van der Waals surface area contributed by atoms with E-state index in [1.165, 1.54) is 32.7 Å². The molecule has 1 nitrogen and oxygen atoms in total. The van der Waals surface area contributed by atoms with Crippen LogP contribution < -0.4 is 0 Å². The van der Waals surface area contributed by atoms with E-state index in [-0.39, 0.29) is 0 Å². The third-order valence-electron chi connectivity index (χ3n) is 3.82. The molecule has 20 heavy (non-hydrogen) atoms. The van der Waals surface area contributed by atoms with Gasteiger partial charge in [-0.2, -0.15) is 0 Å². The molecular formula is C19H14O. The minimum absolute atomic E-state index is 0.923. The van der Waals surface area contributed by atoms with E-state index in [4.69, 9.17) is 4.74 Å². The van der Waals surface area contributed by atoms with Gasteiger partial charge in [-0.05, 0) is 57.3 Å². The lowest BCUT2D eigenvalue weighted by molar-refractivity contribution is 0.397. The van der Waals surface area contributed by atoms with Crippen LogP contribution in [0.3, 0.4) is 0 Å². The summed E-state index contributed by atoms with van der Waals surface area (Å²) in [5.41, 5.74) is 2.49. The van der Waals surface area contributed by atoms with Crippen LogP contribution in [0.4, 0.5) is 0 Å². The summed E-state index contributed by atoms with van der Waals surface area (Å²) < 4.78 is 5.33. The Morgan fingerprint density at radius 2 is 1.60 bits per heavy atom. The lowest BCUT2D eigenvalue weighted by Crippen LogP contribution is -1.90. The zero-order chi connectivity index (χ0) is 13.4. The normalized spacial score (nSPS) is 14.3. The van der Waals surface area contributed by atoms with Crippen LogP contribution in [0.2, 0.25) is 0 Å². The molecule has 0 unspecified atom stereocenters. The van der Waals surface area contributed by atoms with E-state index in [0.29, 0.717) is 0 Å². The highest BCUT2D eigenvalue weighted by atomic mass is 16.5. The number of benzene rings is 3. The molecule has 1 aliphatic heterocycles. The minimum Gasteiger partial charge on any atom is -0.473 e. The summed E-state index contributed by atoms with van der Waals surface area (Å²) in [5.74, 6) is 0. The monoisotopic (exact) mass is 258 g/mol. The molecule has 0 bridgehead atoms. The fourth-order valence-electron chi connectivity index (χ4n) is 2.82. The molecule has 0 aliphatic carbocycles. The van der Waals surface area contributed by atoms with Crippen LogP contribution in [0.5, 0.6) is 0 Å². The summed E-state index contributed by atoms with van der Waals surface area (Å²) in [7, 11) is 0. The van der Waals surface area contributed by atoms with Gasteiger partial charge in [0.15, 0.2) is 0 Å². The van der Waals surface area contributed by atoms with Crippen LogP contribution >= 0.6 is 0 Å². The van der Waals surface area contributed by atoms with E-state index in [2.05, 4.69) is 60.7 Å². The van der Waals surface area contributed by atoms with Gasteiger partial charge in [-0.25, -0.2) is 0 Å². The molecule has 0 N–H and O–H groups in total. The molecule has 3 aromatic carbocycles. The Labute approximate surface area is 117 Å². The molecule has 0 aromatic heterocycles. The number of allylic oxidation sites excluding steroid dienone is 2. The van der Waals surface area contributed by atoms with Gasteiger partial charge in [0.05, 0.1) is 12.5 Å². The van der Waals surface area contributed by atoms with Crippen molar-refractivity contribution in [2.45, 2.75) is 6.42 Å². The second kappa shape index (κ2) is 4.53. The first kappa shape index (κ1) is 11.3. The topological polar surface area (TPSA) is 9.23 Å². The van der Waals surface area contributed by atoms with Crippen molar-refractivity contribution < 1.29 is 4.74 Å². The van der Waals surface area contributed by atoms with E-state index in [1.807, 2.05) is 6.26 Å². The Kier molecular flexibility index (Phi) is 2.56. The predicted octanol–water partition coefficient (Wildman–Crippen LogP) is 5.27.